The van der Waals surface area contributed by atoms with Crippen molar-refractivity contribution in [1.82, 2.24) is 9.78 Å². The summed E-state index contributed by atoms with van der Waals surface area (Å²) < 4.78 is 20.5. The van der Waals surface area contributed by atoms with Crippen LogP contribution in [0.4, 0.5) is 10.1 Å². The van der Waals surface area contributed by atoms with E-state index in [4.69, 9.17) is 4.74 Å². The van der Waals surface area contributed by atoms with Crippen molar-refractivity contribution in [2.24, 2.45) is 7.05 Å². The average Bonchev–Trinajstić information content (AvgIpc) is 2.89. The van der Waals surface area contributed by atoms with E-state index in [2.05, 4.69) is 10.4 Å². The fraction of sp³-hybridized carbons (Fsp3) is 0.158. The summed E-state index contributed by atoms with van der Waals surface area (Å²) in [6, 6.07) is 12.0. The molecule has 126 valence electrons. The molecule has 0 bridgehead atoms. The number of carbonyl (C=O) groups is 1. The molecular weight excluding hydrogens is 321 g/mol. The summed E-state index contributed by atoms with van der Waals surface area (Å²) in [6.45, 7) is 1.95. The van der Waals surface area contributed by atoms with Crippen LogP contribution in [0.1, 0.15) is 5.69 Å². The molecule has 1 N–H and O–H groups in total. The Morgan fingerprint density at radius 3 is 2.64 bits per heavy atom. The van der Waals surface area contributed by atoms with E-state index in [1.807, 2.05) is 32.2 Å². The van der Waals surface area contributed by atoms with E-state index < -0.39 is 0 Å². The number of aryl methyl sites for hydroxylation is 2. The first-order valence-corrected chi connectivity index (χ1v) is 7.89. The van der Waals surface area contributed by atoms with Gasteiger partial charge >= 0.3 is 0 Å². The first kappa shape index (κ1) is 15.4. The van der Waals surface area contributed by atoms with Crippen LogP contribution in [0.5, 0.6) is 5.75 Å². The molecule has 1 aliphatic rings. The number of nitrogens with one attached hydrogen (secondary N) is 1. The summed E-state index contributed by atoms with van der Waals surface area (Å²) in [6.07, 6.45) is 0. The summed E-state index contributed by atoms with van der Waals surface area (Å²) in [5.41, 5.74) is 5.11. The van der Waals surface area contributed by atoms with Crippen LogP contribution in [-0.2, 0) is 11.8 Å². The van der Waals surface area contributed by atoms with Gasteiger partial charge in [-0.2, -0.15) is 5.10 Å². The van der Waals surface area contributed by atoms with Gasteiger partial charge in [-0.3, -0.25) is 9.48 Å². The number of benzene rings is 2. The molecule has 1 amide bonds. The summed E-state index contributed by atoms with van der Waals surface area (Å²) in [4.78, 5) is 11.6. The number of rotatable bonds is 2. The normalized spacial score (nSPS) is 13.2. The van der Waals surface area contributed by atoms with E-state index in [0.29, 0.717) is 11.4 Å². The summed E-state index contributed by atoms with van der Waals surface area (Å²) in [7, 11) is 1.86. The second kappa shape index (κ2) is 5.73. The molecule has 0 aliphatic carbocycles. The first-order chi connectivity index (χ1) is 12.0. The monoisotopic (exact) mass is 337 g/mol. The predicted molar refractivity (Wildman–Crippen MR) is 92.9 cm³/mol. The van der Waals surface area contributed by atoms with Gasteiger partial charge in [-0.05, 0) is 48.9 Å². The maximum Gasteiger partial charge on any atom is 0.262 e. The Labute approximate surface area is 144 Å². The van der Waals surface area contributed by atoms with Crippen LogP contribution in [0.25, 0.3) is 22.4 Å². The minimum atomic E-state index is -0.280. The van der Waals surface area contributed by atoms with Gasteiger partial charge in [-0.15, -0.1) is 0 Å². The first-order valence-electron chi connectivity index (χ1n) is 7.89. The number of carbonyl (C=O) groups excluding carboxylic acids is 1. The molecule has 6 heteroatoms. The smallest absolute Gasteiger partial charge is 0.262 e. The van der Waals surface area contributed by atoms with Crippen molar-refractivity contribution in [1.29, 1.82) is 0 Å². The molecule has 0 spiro atoms. The van der Waals surface area contributed by atoms with Crippen molar-refractivity contribution in [3.8, 4) is 28.1 Å². The maximum atomic E-state index is 13.3. The summed E-state index contributed by atoms with van der Waals surface area (Å²) in [5.74, 6) is 0.192. The molecule has 0 atom stereocenters. The highest BCUT2D eigenvalue weighted by Gasteiger charge is 2.21. The highest BCUT2D eigenvalue weighted by molar-refractivity contribution is 5.97. The lowest BCUT2D eigenvalue weighted by molar-refractivity contribution is -0.118. The second-order valence-electron chi connectivity index (χ2n) is 5.99. The zero-order valence-electron chi connectivity index (χ0n) is 13.8. The van der Waals surface area contributed by atoms with Gasteiger partial charge in [0.15, 0.2) is 6.61 Å². The summed E-state index contributed by atoms with van der Waals surface area (Å²) >= 11 is 0. The Bertz CT molecular complexity index is 977. The minimum Gasteiger partial charge on any atom is -0.482 e. The van der Waals surface area contributed by atoms with Gasteiger partial charge in [0.05, 0.1) is 17.1 Å². The van der Waals surface area contributed by atoms with Gasteiger partial charge in [0.1, 0.15) is 11.6 Å². The number of amides is 1. The number of hydrogen-bond acceptors (Lipinski definition) is 3. The lowest BCUT2D eigenvalue weighted by atomic mass is 9.98. The molecule has 0 fully saturated rings. The van der Waals surface area contributed by atoms with E-state index in [1.54, 1.807) is 16.8 Å². The lowest BCUT2D eigenvalue weighted by Gasteiger charge is -2.19. The van der Waals surface area contributed by atoms with Crippen LogP contribution >= 0.6 is 0 Å². The van der Waals surface area contributed by atoms with Crippen molar-refractivity contribution in [3.05, 3.63) is 54.0 Å². The second-order valence-corrected chi connectivity index (χ2v) is 5.99. The number of aromatic nitrogens is 2. The predicted octanol–water partition coefficient (Wildman–Crippen LogP) is 3.53. The Kier molecular flexibility index (Phi) is 3.53. The molecule has 3 aromatic rings. The van der Waals surface area contributed by atoms with E-state index in [1.165, 1.54) is 12.1 Å². The van der Waals surface area contributed by atoms with Crippen LogP contribution in [0, 0.1) is 12.7 Å². The van der Waals surface area contributed by atoms with E-state index in [-0.39, 0.29) is 18.3 Å². The van der Waals surface area contributed by atoms with Crippen LogP contribution < -0.4 is 10.1 Å². The van der Waals surface area contributed by atoms with Crippen molar-refractivity contribution < 1.29 is 13.9 Å². The topological polar surface area (TPSA) is 56.2 Å². The Morgan fingerprint density at radius 2 is 1.88 bits per heavy atom. The molecular formula is C19H16FN3O2. The van der Waals surface area contributed by atoms with Gasteiger partial charge in [0.2, 0.25) is 0 Å². The number of nitrogens with zero attached hydrogens (tertiary/aromatic N) is 2. The molecule has 25 heavy (non-hydrogen) atoms. The molecule has 2 heterocycles. The fourth-order valence-corrected chi connectivity index (χ4v) is 3.18. The van der Waals surface area contributed by atoms with Gasteiger partial charge in [-0.1, -0.05) is 6.07 Å². The Balaban J connectivity index is 1.87. The van der Waals surface area contributed by atoms with Crippen molar-refractivity contribution >= 4 is 11.6 Å². The third-order valence-corrected chi connectivity index (χ3v) is 4.24. The van der Waals surface area contributed by atoms with Gasteiger partial charge in [0.25, 0.3) is 5.91 Å². The van der Waals surface area contributed by atoms with Gasteiger partial charge < -0.3 is 10.1 Å². The van der Waals surface area contributed by atoms with E-state index >= 15 is 0 Å². The molecule has 1 aliphatic heterocycles. The fourth-order valence-electron chi connectivity index (χ4n) is 3.18. The maximum absolute atomic E-state index is 13.3. The average molecular weight is 337 g/mol. The highest BCUT2D eigenvalue weighted by Crippen LogP contribution is 2.38. The molecule has 5 nitrogen and oxygen atoms in total. The van der Waals surface area contributed by atoms with Crippen LogP contribution in [0.2, 0.25) is 0 Å². The van der Waals surface area contributed by atoms with Gasteiger partial charge in [-0.25, -0.2) is 4.39 Å². The number of anilines is 1. The van der Waals surface area contributed by atoms with Crippen LogP contribution in [0.15, 0.2) is 42.5 Å². The number of ether oxygens (including phenoxy) is 1. The molecule has 0 radical (unpaired) electrons. The molecule has 4 rings (SSSR count). The van der Waals surface area contributed by atoms with E-state index in [0.717, 1.165) is 28.1 Å². The molecule has 0 saturated heterocycles. The van der Waals surface area contributed by atoms with Crippen LogP contribution in [-0.4, -0.2) is 22.3 Å². The zero-order chi connectivity index (χ0) is 17.6. The highest BCUT2D eigenvalue weighted by atomic mass is 19.1. The largest absolute Gasteiger partial charge is 0.482 e. The number of halogens is 1. The summed E-state index contributed by atoms with van der Waals surface area (Å²) in [5, 5.41) is 7.34. The third-order valence-electron chi connectivity index (χ3n) is 4.24. The van der Waals surface area contributed by atoms with Crippen LogP contribution in [0.3, 0.4) is 0 Å². The van der Waals surface area contributed by atoms with E-state index in [9.17, 15) is 9.18 Å². The SMILES string of the molecule is Cc1nn(C)c(-c2ccc(F)cc2)c1-c1ccc2c(c1)NC(=O)CO2. The molecule has 0 saturated carbocycles. The number of hydrogen-bond donors (Lipinski definition) is 1. The van der Waals surface area contributed by atoms with Gasteiger partial charge in [0, 0.05) is 18.2 Å². The molecule has 2 aromatic carbocycles. The van der Waals surface area contributed by atoms with Crippen molar-refractivity contribution in [2.75, 3.05) is 11.9 Å². The number of fused-ring (bicyclic) bond motifs is 1. The minimum absolute atomic E-state index is 0.0269. The quantitative estimate of drug-likeness (QED) is 0.778. The van der Waals surface area contributed by atoms with Crippen molar-refractivity contribution in [3.63, 3.8) is 0 Å². The Morgan fingerprint density at radius 1 is 1.16 bits per heavy atom. The Hall–Kier alpha value is -3.15. The molecule has 1 aromatic heterocycles. The lowest BCUT2D eigenvalue weighted by Crippen LogP contribution is -2.25. The third kappa shape index (κ3) is 2.65. The molecule has 0 unspecified atom stereocenters. The van der Waals surface area contributed by atoms with Crippen molar-refractivity contribution in [2.45, 2.75) is 6.92 Å². The zero-order valence-corrected chi connectivity index (χ0v) is 13.8. The standard InChI is InChI=1S/C19H16FN3O2/c1-11-18(13-5-8-16-15(9-13)21-17(24)10-25-16)19(23(2)22-11)12-3-6-14(20)7-4-12/h3-9H,10H2,1-2H3,(H,21,24).